The molecule has 2 saturated carbocycles. The van der Waals surface area contributed by atoms with Crippen LogP contribution in [0.4, 0.5) is 0 Å². The normalized spacial score (nSPS) is 38.1. The summed E-state index contributed by atoms with van der Waals surface area (Å²) in [6, 6.07) is 3.19. The molecule has 172 valence electrons. The van der Waals surface area contributed by atoms with Crippen LogP contribution in [0.2, 0.25) is 18.1 Å². The molecule has 0 bridgehead atoms. The van der Waals surface area contributed by atoms with E-state index in [-0.39, 0.29) is 29.0 Å². The van der Waals surface area contributed by atoms with Gasteiger partial charge in [-0.05, 0) is 67.8 Å². The first-order valence-corrected chi connectivity index (χ1v) is 14.7. The highest BCUT2D eigenvalue weighted by Gasteiger charge is 2.68. The number of rotatable bonds is 6. The van der Waals surface area contributed by atoms with Gasteiger partial charge in [-0.3, -0.25) is 4.79 Å². The van der Waals surface area contributed by atoms with Crippen LogP contribution in [0.25, 0.3) is 0 Å². The summed E-state index contributed by atoms with van der Waals surface area (Å²) < 4.78 is 12.8. The molecular formula is C25H38O5Si. The molecule has 0 aromatic heterocycles. The fourth-order valence-corrected chi connectivity index (χ4v) is 10.5. The minimum atomic E-state index is -1.98. The molecule has 2 fully saturated rings. The topological polar surface area (TPSA) is 72.8 Å². The van der Waals surface area contributed by atoms with E-state index in [0.717, 1.165) is 54.1 Å². The van der Waals surface area contributed by atoms with E-state index in [1.165, 1.54) is 0 Å². The monoisotopic (exact) mass is 446 g/mol. The van der Waals surface area contributed by atoms with Crippen LogP contribution < -0.4 is 0 Å². The lowest BCUT2D eigenvalue weighted by atomic mass is 9.53. The molecule has 0 aromatic carbocycles. The zero-order chi connectivity index (χ0) is 22.6. The Morgan fingerprint density at radius 1 is 1.13 bits per heavy atom. The van der Waals surface area contributed by atoms with Gasteiger partial charge in [0.2, 0.25) is 0 Å². The van der Waals surface area contributed by atoms with Crippen molar-refractivity contribution in [1.29, 1.82) is 0 Å². The Balaban J connectivity index is 1.88. The zero-order valence-corrected chi connectivity index (χ0v) is 20.8. The fraction of sp³-hybridized carbons (Fsp3) is 0.760. The second-order valence-corrected chi connectivity index (χ2v) is 15.1. The van der Waals surface area contributed by atoms with Crippen molar-refractivity contribution in [2.45, 2.75) is 96.6 Å². The van der Waals surface area contributed by atoms with Crippen LogP contribution in [0.5, 0.6) is 0 Å². The van der Waals surface area contributed by atoms with Crippen molar-refractivity contribution in [2.24, 2.45) is 17.3 Å². The largest absolute Gasteiger partial charge is 0.458 e. The Labute approximate surface area is 187 Å². The van der Waals surface area contributed by atoms with E-state index < -0.39 is 20.0 Å². The quantitative estimate of drug-likeness (QED) is 0.473. The number of aliphatic hydroxyl groups excluding tert-OH is 1. The molecular weight excluding hydrogens is 408 g/mol. The third-order valence-electron chi connectivity index (χ3n) is 9.40. The van der Waals surface area contributed by atoms with Crippen molar-refractivity contribution in [3.05, 3.63) is 22.8 Å². The van der Waals surface area contributed by atoms with Gasteiger partial charge in [0, 0.05) is 29.4 Å². The molecule has 5 nitrogen and oxygen atoms in total. The molecule has 0 saturated heterocycles. The summed E-state index contributed by atoms with van der Waals surface area (Å²) in [6.45, 7) is 11.3. The van der Waals surface area contributed by atoms with Crippen LogP contribution in [0.3, 0.4) is 0 Å². The maximum absolute atomic E-state index is 13.5. The molecule has 6 heteroatoms. The maximum atomic E-state index is 13.5. The van der Waals surface area contributed by atoms with Gasteiger partial charge in [-0.1, -0.05) is 27.7 Å². The third kappa shape index (κ3) is 3.24. The molecule has 0 aromatic rings. The molecule has 0 unspecified atom stereocenters. The van der Waals surface area contributed by atoms with Crippen LogP contribution in [0.15, 0.2) is 22.8 Å². The Kier molecular flexibility index (Phi) is 5.89. The van der Waals surface area contributed by atoms with Crippen molar-refractivity contribution < 1.29 is 23.9 Å². The molecule has 4 aliphatic rings. The molecule has 1 N–H and O–H groups in total. The van der Waals surface area contributed by atoms with E-state index in [4.69, 9.17) is 9.16 Å². The average molecular weight is 447 g/mol. The average Bonchev–Trinajstić information content (AvgIpc) is 3.29. The SMILES string of the molecule is CC[Si](CC)(CC)O[C@]12CC[C@H](C3=CC(=O)OC3)[C@@]1(C)CC(=O)C1=C(C)[C@H](O)CC[C@H]12. The minimum Gasteiger partial charge on any atom is -0.458 e. The lowest BCUT2D eigenvalue weighted by Gasteiger charge is -2.59. The Bertz CT molecular complexity index is 833. The van der Waals surface area contributed by atoms with E-state index in [2.05, 4.69) is 27.7 Å². The summed E-state index contributed by atoms with van der Waals surface area (Å²) in [6.07, 6.45) is 4.84. The summed E-state index contributed by atoms with van der Waals surface area (Å²) >= 11 is 0. The van der Waals surface area contributed by atoms with Gasteiger partial charge in [0.25, 0.3) is 0 Å². The second-order valence-electron chi connectivity index (χ2n) is 10.4. The summed E-state index contributed by atoms with van der Waals surface area (Å²) in [5, 5.41) is 10.5. The van der Waals surface area contributed by atoms with Crippen LogP contribution in [0.1, 0.15) is 66.7 Å². The lowest BCUT2D eigenvalue weighted by Crippen LogP contribution is -2.63. The fourth-order valence-electron chi connectivity index (χ4n) is 7.33. The standard InChI is InChI=1S/C25H38O5Si/c1-6-31(7-2,8-3)30-25-12-11-18(17-13-22(28)29-15-17)24(25,5)14-21(27)23-16(4)20(26)10-9-19(23)25/h13,18-20,26H,6-12,14-15H2,1-5H3/t18-,19-,20-,24-,25+/m1/s1. The van der Waals surface area contributed by atoms with E-state index in [1.807, 2.05) is 6.92 Å². The van der Waals surface area contributed by atoms with Gasteiger partial charge in [0.05, 0.1) is 11.7 Å². The van der Waals surface area contributed by atoms with E-state index in [9.17, 15) is 14.7 Å². The van der Waals surface area contributed by atoms with Crippen molar-refractivity contribution in [1.82, 2.24) is 0 Å². The summed E-state index contributed by atoms with van der Waals surface area (Å²) in [5.41, 5.74) is 1.95. The number of ether oxygens (including phenoxy) is 1. The summed E-state index contributed by atoms with van der Waals surface area (Å²) in [5.74, 6) is 0.0458. The first kappa shape index (κ1) is 22.9. The van der Waals surface area contributed by atoms with Gasteiger partial charge >= 0.3 is 5.97 Å². The van der Waals surface area contributed by atoms with Crippen LogP contribution in [0, 0.1) is 17.3 Å². The number of hydrogen-bond acceptors (Lipinski definition) is 5. The molecule has 1 heterocycles. The van der Waals surface area contributed by atoms with Gasteiger partial charge in [-0.25, -0.2) is 4.79 Å². The molecule has 0 spiro atoms. The van der Waals surface area contributed by atoms with E-state index in [1.54, 1.807) is 6.08 Å². The summed E-state index contributed by atoms with van der Waals surface area (Å²) in [4.78, 5) is 25.4. The molecule has 1 aliphatic heterocycles. The lowest BCUT2D eigenvalue weighted by molar-refractivity contribution is -0.143. The maximum Gasteiger partial charge on any atom is 0.331 e. The first-order chi connectivity index (χ1) is 14.7. The smallest absolute Gasteiger partial charge is 0.331 e. The van der Waals surface area contributed by atoms with Crippen LogP contribution in [-0.4, -0.2) is 43.5 Å². The highest BCUT2D eigenvalue weighted by atomic mass is 28.4. The predicted octanol–water partition coefficient (Wildman–Crippen LogP) is 4.71. The Hall–Kier alpha value is -1.24. The molecule has 0 radical (unpaired) electrons. The number of fused-ring (bicyclic) bond motifs is 3. The summed E-state index contributed by atoms with van der Waals surface area (Å²) in [7, 11) is -1.98. The number of aliphatic hydroxyl groups is 1. The van der Waals surface area contributed by atoms with Crippen molar-refractivity contribution in [3.63, 3.8) is 0 Å². The predicted molar refractivity (Wildman–Crippen MR) is 122 cm³/mol. The number of cyclic esters (lactones) is 1. The molecule has 5 atom stereocenters. The van der Waals surface area contributed by atoms with Gasteiger partial charge in [0.15, 0.2) is 14.1 Å². The molecule has 3 aliphatic carbocycles. The molecule has 31 heavy (non-hydrogen) atoms. The van der Waals surface area contributed by atoms with Gasteiger partial charge in [-0.2, -0.15) is 0 Å². The van der Waals surface area contributed by atoms with E-state index >= 15 is 0 Å². The van der Waals surface area contributed by atoms with Gasteiger partial charge in [-0.15, -0.1) is 0 Å². The highest BCUT2D eigenvalue weighted by molar-refractivity contribution is 6.73. The third-order valence-corrected chi connectivity index (χ3v) is 14.1. The molecule has 4 rings (SSSR count). The number of carbonyl (C=O) groups is 2. The number of Topliss-reactive ketones (excluding diaryl/α,β-unsaturated/α-hetero) is 1. The Morgan fingerprint density at radius 3 is 2.39 bits per heavy atom. The second kappa shape index (κ2) is 7.96. The minimum absolute atomic E-state index is 0.0299. The van der Waals surface area contributed by atoms with Gasteiger partial charge in [0.1, 0.15) is 6.61 Å². The number of hydrogen-bond donors (Lipinski definition) is 1. The van der Waals surface area contributed by atoms with Crippen LogP contribution in [-0.2, 0) is 18.8 Å². The van der Waals surface area contributed by atoms with E-state index in [0.29, 0.717) is 19.4 Å². The number of ketones is 1. The van der Waals surface area contributed by atoms with Crippen LogP contribution >= 0.6 is 0 Å². The zero-order valence-electron chi connectivity index (χ0n) is 19.8. The number of carbonyl (C=O) groups excluding carboxylic acids is 2. The van der Waals surface area contributed by atoms with Crippen molar-refractivity contribution in [3.8, 4) is 0 Å². The van der Waals surface area contributed by atoms with Gasteiger partial charge < -0.3 is 14.3 Å². The first-order valence-electron chi connectivity index (χ1n) is 12.2. The number of esters is 1. The van der Waals surface area contributed by atoms with Crippen molar-refractivity contribution >= 4 is 20.1 Å². The van der Waals surface area contributed by atoms with Crippen molar-refractivity contribution in [2.75, 3.05) is 6.61 Å². The Morgan fingerprint density at radius 2 is 1.81 bits per heavy atom. The highest BCUT2D eigenvalue weighted by Crippen LogP contribution is 2.66. The molecule has 0 amide bonds.